The molecule has 0 spiro atoms. The number of thioether (sulfide) groups is 1. The number of amides is 1. The summed E-state index contributed by atoms with van der Waals surface area (Å²) in [5.41, 5.74) is 3.99. The second kappa shape index (κ2) is 8.05. The SMILES string of the molecule is COc1cc([C@@H](CC(C)C)NC(=O)[C@]2(N)CSC(C(C)=O)=N2)oc(=O)c1. The van der Waals surface area contributed by atoms with Gasteiger partial charge in [0.25, 0.3) is 5.91 Å². The molecule has 0 saturated heterocycles. The number of ether oxygens (including phenoxy) is 1. The van der Waals surface area contributed by atoms with E-state index in [0.717, 1.165) is 11.8 Å². The molecule has 2 atom stereocenters. The number of ketones is 1. The van der Waals surface area contributed by atoms with Crippen LogP contribution in [0, 0.1) is 5.92 Å². The molecule has 0 saturated carbocycles. The van der Waals surface area contributed by atoms with Gasteiger partial charge in [0.05, 0.1) is 19.2 Å². The number of nitrogens with zero attached hydrogens (tertiary/aromatic N) is 1. The Hall–Kier alpha value is -2.13. The van der Waals surface area contributed by atoms with E-state index in [1.165, 1.54) is 20.1 Å². The number of rotatable bonds is 7. The molecule has 0 radical (unpaired) electrons. The third kappa shape index (κ3) is 4.73. The summed E-state index contributed by atoms with van der Waals surface area (Å²) in [6, 6.07) is 2.21. The van der Waals surface area contributed by atoms with Crippen LogP contribution in [0.15, 0.2) is 26.3 Å². The van der Waals surface area contributed by atoms with Gasteiger partial charge in [0.15, 0.2) is 11.4 Å². The molecule has 2 rings (SSSR count). The van der Waals surface area contributed by atoms with Gasteiger partial charge in [0.2, 0.25) is 0 Å². The molecule has 0 bridgehead atoms. The van der Waals surface area contributed by atoms with Crippen LogP contribution in [-0.2, 0) is 9.59 Å². The standard InChI is InChI=1S/C17H23N3O5S/c1-9(2)5-12(13-6-11(24-4)7-14(22)25-13)19-16(23)17(18)8-26-15(20-17)10(3)21/h6-7,9,12H,5,8,18H2,1-4H3,(H,19,23)/t12-,17+/m1/s1. The van der Waals surface area contributed by atoms with Gasteiger partial charge in [0.1, 0.15) is 16.6 Å². The molecular formula is C17H23N3O5S. The Bertz CT molecular complexity index is 789. The second-order valence-electron chi connectivity index (χ2n) is 6.56. The molecule has 1 amide bonds. The van der Waals surface area contributed by atoms with Crippen LogP contribution < -0.4 is 21.4 Å². The first kappa shape index (κ1) is 20.2. The molecule has 0 fully saturated rings. The Morgan fingerprint density at radius 2 is 2.15 bits per heavy atom. The van der Waals surface area contributed by atoms with Crippen molar-refractivity contribution >= 4 is 28.5 Å². The Labute approximate surface area is 155 Å². The minimum absolute atomic E-state index is 0.171. The van der Waals surface area contributed by atoms with E-state index in [4.69, 9.17) is 14.9 Å². The van der Waals surface area contributed by atoms with E-state index in [0.29, 0.717) is 12.2 Å². The maximum absolute atomic E-state index is 12.7. The highest BCUT2D eigenvalue weighted by Gasteiger charge is 2.41. The maximum atomic E-state index is 12.7. The molecule has 2 heterocycles. The van der Waals surface area contributed by atoms with Crippen molar-refractivity contribution in [3.8, 4) is 5.75 Å². The third-order valence-corrected chi connectivity index (χ3v) is 5.02. The van der Waals surface area contributed by atoms with Gasteiger partial charge in [0, 0.05) is 18.7 Å². The molecule has 9 heteroatoms. The number of aliphatic imine (C=N–C) groups is 1. The zero-order valence-electron chi connectivity index (χ0n) is 15.2. The number of hydrogen-bond donors (Lipinski definition) is 2. The maximum Gasteiger partial charge on any atom is 0.339 e. The molecule has 1 aromatic rings. The third-order valence-electron chi connectivity index (χ3n) is 3.78. The molecule has 1 aliphatic heterocycles. The van der Waals surface area contributed by atoms with Gasteiger partial charge in [-0.25, -0.2) is 9.79 Å². The number of nitrogens with two attached hydrogens (primary N) is 1. The van der Waals surface area contributed by atoms with E-state index in [9.17, 15) is 14.4 Å². The van der Waals surface area contributed by atoms with E-state index in [-0.39, 0.29) is 28.3 Å². The highest BCUT2D eigenvalue weighted by molar-refractivity contribution is 8.16. The first-order valence-corrected chi connectivity index (χ1v) is 9.15. The molecule has 3 N–H and O–H groups in total. The number of hydrogen-bond acceptors (Lipinski definition) is 8. The summed E-state index contributed by atoms with van der Waals surface area (Å²) >= 11 is 1.15. The van der Waals surface area contributed by atoms with Crippen molar-refractivity contribution in [1.82, 2.24) is 5.32 Å². The Kier molecular flexibility index (Phi) is 6.25. The van der Waals surface area contributed by atoms with Crippen LogP contribution >= 0.6 is 11.8 Å². The predicted molar refractivity (Wildman–Crippen MR) is 99.4 cm³/mol. The van der Waals surface area contributed by atoms with Crippen LogP contribution in [0.4, 0.5) is 0 Å². The number of Topliss-reactive ketones (excluding diaryl/α,β-unsaturated/α-hetero) is 1. The van der Waals surface area contributed by atoms with Crippen LogP contribution in [0.2, 0.25) is 0 Å². The largest absolute Gasteiger partial charge is 0.496 e. The zero-order chi connectivity index (χ0) is 19.5. The molecule has 142 valence electrons. The predicted octanol–water partition coefficient (Wildman–Crippen LogP) is 1.24. The van der Waals surface area contributed by atoms with Gasteiger partial charge < -0.3 is 14.5 Å². The fourth-order valence-electron chi connectivity index (χ4n) is 2.48. The lowest BCUT2D eigenvalue weighted by Crippen LogP contribution is -2.54. The first-order chi connectivity index (χ1) is 12.1. The van der Waals surface area contributed by atoms with Crippen LogP contribution in [0.3, 0.4) is 0 Å². The van der Waals surface area contributed by atoms with Crippen molar-refractivity contribution in [2.45, 2.75) is 38.9 Å². The number of nitrogens with one attached hydrogen (secondary N) is 1. The van der Waals surface area contributed by atoms with Crippen molar-refractivity contribution in [3.05, 3.63) is 28.3 Å². The lowest BCUT2D eigenvalue weighted by Gasteiger charge is -2.25. The highest BCUT2D eigenvalue weighted by Crippen LogP contribution is 2.28. The quantitative estimate of drug-likeness (QED) is 0.728. The lowest BCUT2D eigenvalue weighted by atomic mass is 10.0. The number of carbonyl (C=O) groups is 2. The monoisotopic (exact) mass is 381 g/mol. The minimum atomic E-state index is -1.53. The normalized spacial score (nSPS) is 20.6. The van der Waals surface area contributed by atoms with Gasteiger partial charge >= 0.3 is 5.63 Å². The van der Waals surface area contributed by atoms with Gasteiger partial charge in [-0.1, -0.05) is 25.6 Å². The van der Waals surface area contributed by atoms with E-state index >= 15 is 0 Å². The van der Waals surface area contributed by atoms with Crippen molar-refractivity contribution in [2.24, 2.45) is 16.6 Å². The zero-order valence-corrected chi connectivity index (χ0v) is 16.0. The number of carbonyl (C=O) groups excluding carboxylic acids is 2. The lowest BCUT2D eigenvalue weighted by molar-refractivity contribution is -0.126. The number of methoxy groups -OCH3 is 1. The van der Waals surface area contributed by atoms with Gasteiger partial charge in [-0.3, -0.25) is 15.3 Å². The molecule has 0 unspecified atom stereocenters. The average Bonchev–Trinajstić information content (AvgIpc) is 2.97. The molecule has 1 aromatic heterocycles. The summed E-state index contributed by atoms with van der Waals surface area (Å²) in [5, 5.41) is 3.03. The Morgan fingerprint density at radius 3 is 2.69 bits per heavy atom. The topological polar surface area (TPSA) is 124 Å². The summed E-state index contributed by atoms with van der Waals surface area (Å²) in [6.07, 6.45) is 0.522. The van der Waals surface area contributed by atoms with Gasteiger partial charge in [-0.05, 0) is 12.3 Å². The summed E-state index contributed by atoms with van der Waals surface area (Å²) in [7, 11) is 1.44. The van der Waals surface area contributed by atoms with E-state index in [2.05, 4.69) is 10.3 Å². The van der Waals surface area contributed by atoms with Crippen LogP contribution in [0.1, 0.15) is 39.0 Å². The van der Waals surface area contributed by atoms with E-state index < -0.39 is 23.2 Å². The highest BCUT2D eigenvalue weighted by atomic mass is 32.2. The molecule has 26 heavy (non-hydrogen) atoms. The summed E-state index contributed by atoms with van der Waals surface area (Å²) in [5.74, 6) is 0.241. The van der Waals surface area contributed by atoms with Crippen molar-refractivity contribution in [3.63, 3.8) is 0 Å². The molecule has 1 aliphatic rings. The molecule has 0 aliphatic carbocycles. The first-order valence-electron chi connectivity index (χ1n) is 8.17. The molecule has 0 aromatic carbocycles. The molecular weight excluding hydrogens is 358 g/mol. The smallest absolute Gasteiger partial charge is 0.339 e. The fourth-order valence-corrected chi connectivity index (χ4v) is 3.47. The van der Waals surface area contributed by atoms with Crippen molar-refractivity contribution in [2.75, 3.05) is 12.9 Å². The molecule has 8 nitrogen and oxygen atoms in total. The van der Waals surface area contributed by atoms with Crippen LogP contribution in [0.25, 0.3) is 0 Å². The van der Waals surface area contributed by atoms with Crippen LogP contribution in [0.5, 0.6) is 5.75 Å². The second-order valence-corrected chi connectivity index (χ2v) is 7.52. The summed E-state index contributed by atoms with van der Waals surface area (Å²) < 4.78 is 10.3. The van der Waals surface area contributed by atoms with Gasteiger partial charge in [-0.2, -0.15) is 0 Å². The van der Waals surface area contributed by atoms with E-state index in [1.807, 2.05) is 13.8 Å². The van der Waals surface area contributed by atoms with Crippen LogP contribution in [-0.4, -0.2) is 35.3 Å². The summed E-state index contributed by atoms with van der Waals surface area (Å²) in [6.45, 7) is 5.34. The van der Waals surface area contributed by atoms with Gasteiger partial charge in [-0.15, -0.1) is 0 Å². The Balaban J connectivity index is 2.29. The van der Waals surface area contributed by atoms with E-state index in [1.54, 1.807) is 6.07 Å². The van der Waals surface area contributed by atoms with Crippen molar-refractivity contribution < 1.29 is 18.7 Å². The minimum Gasteiger partial charge on any atom is -0.496 e. The van der Waals surface area contributed by atoms with Crippen molar-refractivity contribution in [1.29, 1.82) is 0 Å². The fraction of sp³-hybridized carbons (Fsp3) is 0.529. The Morgan fingerprint density at radius 1 is 1.46 bits per heavy atom. The summed E-state index contributed by atoms with van der Waals surface area (Å²) in [4.78, 5) is 40.0. The average molecular weight is 381 g/mol.